The molecule has 1 aromatic heterocycles. The SMILES string of the molecule is Cc1[nH]c(=O)[nH]c(=O)c1CC(=O)N1CCCN(CCCc2ccccc2)CC1. The molecule has 0 atom stereocenters. The van der Waals surface area contributed by atoms with Crippen LogP contribution < -0.4 is 11.2 Å². The van der Waals surface area contributed by atoms with E-state index in [1.54, 1.807) is 6.92 Å². The summed E-state index contributed by atoms with van der Waals surface area (Å²) in [6, 6.07) is 10.5. The minimum absolute atomic E-state index is 0.0198. The van der Waals surface area contributed by atoms with Gasteiger partial charge in [0.05, 0.1) is 6.42 Å². The highest BCUT2D eigenvalue weighted by atomic mass is 16.2. The molecule has 2 aromatic rings. The van der Waals surface area contributed by atoms with Crippen molar-refractivity contribution in [1.29, 1.82) is 0 Å². The quantitative estimate of drug-likeness (QED) is 0.780. The Morgan fingerprint density at radius 3 is 2.57 bits per heavy atom. The van der Waals surface area contributed by atoms with E-state index in [1.807, 2.05) is 11.0 Å². The molecule has 3 rings (SSSR count). The van der Waals surface area contributed by atoms with Crippen molar-refractivity contribution in [2.75, 3.05) is 32.7 Å². The lowest BCUT2D eigenvalue weighted by Crippen LogP contribution is -2.38. The number of rotatable bonds is 6. The molecule has 0 saturated carbocycles. The van der Waals surface area contributed by atoms with Crippen molar-refractivity contribution in [2.24, 2.45) is 0 Å². The molecule has 28 heavy (non-hydrogen) atoms. The van der Waals surface area contributed by atoms with Crippen LogP contribution in [0.4, 0.5) is 0 Å². The largest absolute Gasteiger partial charge is 0.341 e. The third-order valence-electron chi connectivity index (χ3n) is 5.31. The van der Waals surface area contributed by atoms with E-state index >= 15 is 0 Å². The van der Waals surface area contributed by atoms with Crippen molar-refractivity contribution < 1.29 is 4.79 Å². The van der Waals surface area contributed by atoms with Gasteiger partial charge in [0, 0.05) is 30.9 Å². The third kappa shape index (κ3) is 5.42. The molecule has 2 heterocycles. The summed E-state index contributed by atoms with van der Waals surface area (Å²) in [6.07, 6.45) is 3.11. The molecule has 1 aliphatic heterocycles. The van der Waals surface area contributed by atoms with E-state index in [-0.39, 0.29) is 12.3 Å². The summed E-state index contributed by atoms with van der Waals surface area (Å²) in [5.41, 5.74) is 1.13. The number of carbonyl (C=O) groups is 1. The van der Waals surface area contributed by atoms with E-state index in [0.717, 1.165) is 38.9 Å². The van der Waals surface area contributed by atoms with Crippen LogP contribution in [0.2, 0.25) is 0 Å². The lowest BCUT2D eigenvalue weighted by atomic mass is 10.1. The van der Waals surface area contributed by atoms with E-state index in [2.05, 4.69) is 39.1 Å². The topological polar surface area (TPSA) is 89.3 Å². The number of hydrogen-bond donors (Lipinski definition) is 2. The Labute approximate surface area is 164 Å². The number of hydrogen-bond acceptors (Lipinski definition) is 4. The van der Waals surface area contributed by atoms with E-state index in [1.165, 1.54) is 5.56 Å². The molecular weight excluding hydrogens is 356 g/mol. The zero-order valence-corrected chi connectivity index (χ0v) is 16.4. The number of aryl methyl sites for hydroxylation is 2. The van der Waals surface area contributed by atoms with Gasteiger partial charge in [-0.15, -0.1) is 0 Å². The van der Waals surface area contributed by atoms with Gasteiger partial charge in [0.2, 0.25) is 5.91 Å². The van der Waals surface area contributed by atoms with Gasteiger partial charge in [-0.3, -0.25) is 14.6 Å². The third-order valence-corrected chi connectivity index (χ3v) is 5.31. The first kappa shape index (κ1) is 20.1. The second kappa shape index (κ2) is 9.50. The van der Waals surface area contributed by atoms with Gasteiger partial charge in [0.1, 0.15) is 0 Å². The molecule has 0 unspecified atom stereocenters. The summed E-state index contributed by atoms with van der Waals surface area (Å²) in [5, 5.41) is 0. The average Bonchev–Trinajstić information content (AvgIpc) is 2.91. The minimum atomic E-state index is -0.542. The summed E-state index contributed by atoms with van der Waals surface area (Å²) >= 11 is 0. The lowest BCUT2D eigenvalue weighted by Gasteiger charge is -2.22. The number of benzene rings is 1. The smallest absolute Gasteiger partial charge is 0.325 e. The van der Waals surface area contributed by atoms with Gasteiger partial charge < -0.3 is 14.8 Å². The van der Waals surface area contributed by atoms with E-state index in [4.69, 9.17) is 0 Å². The Balaban J connectivity index is 1.50. The molecule has 1 aromatic carbocycles. The van der Waals surface area contributed by atoms with Crippen molar-refractivity contribution in [3.05, 3.63) is 68.0 Å². The zero-order valence-electron chi connectivity index (χ0n) is 16.4. The molecular formula is C21H28N4O3. The van der Waals surface area contributed by atoms with Crippen LogP contribution in [0, 0.1) is 6.92 Å². The molecule has 7 nitrogen and oxygen atoms in total. The highest BCUT2D eigenvalue weighted by Gasteiger charge is 2.21. The second-order valence-electron chi connectivity index (χ2n) is 7.35. The number of aromatic nitrogens is 2. The van der Waals surface area contributed by atoms with Crippen molar-refractivity contribution in [1.82, 2.24) is 19.8 Å². The molecule has 1 aliphatic rings. The van der Waals surface area contributed by atoms with Gasteiger partial charge >= 0.3 is 5.69 Å². The Morgan fingerprint density at radius 2 is 1.82 bits per heavy atom. The monoisotopic (exact) mass is 384 g/mol. The van der Waals surface area contributed by atoms with Crippen LogP contribution in [0.25, 0.3) is 0 Å². The van der Waals surface area contributed by atoms with E-state index < -0.39 is 11.2 Å². The lowest BCUT2D eigenvalue weighted by molar-refractivity contribution is -0.130. The Hall–Kier alpha value is -2.67. The highest BCUT2D eigenvalue weighted by molar-refractivity contribution is 5.78. The van der Waals surface area contributed by atoms with E-state index in [9.17, 15) is 14.4 Å². The first-order valence-corrected chi connectivity index (χ1v) is 9.89. The number of nitrogens with zero attached hydrogens (tertiary/aromatic N) is 2. The number of aromatic amines is 2. The molecule has 1 amide bonds. The number of nitrogens with one attached hydrogen (secondary N) is 2. The second-order valence-corrected chi connectivity index (χ2v) is 7.35. The fourth-order valence-corrected chi connectivity index (χ4v) is 3.70. The average molecular weight is 384 g/mol. The molecule has 1 saturated heterocycles. The molecule has 1 fully saturated rings. The normalized spacial score (nSPS) is 15.4. The number of carbonyl (C=O) groups excluding carboxylic acids is 1. The molecule has 0 radical (unpaired) electrons. The van der Waals surface area contributed by atoms with Gasteiger partial charge in [0.15, 0.2) is 0 Å². The molecule has 7 heteroatoms. The Morgan fingerprint density at radius 1 is 1.04 bits per heavy atom. The van der Waals surface area contributed by atoms with Gasteiger partial charge in [0.25, 0.3) is 5.56 Å². The number of amides is 1. The van der Waals surface area contributed by atoms with Crippen molar-refractivity contribution in [3.8, 4) is 0 Å². The standard InChI is InChI=1S/C21H28N4O3/c1-16-18(20(27)23-21(28)22-16)15-19(26)25-12-6-11-24(13-14-25)10-5-9-17-7-3-2-4-8-17/h2-4,7-8H,5-6,9-15H2,1H3,(H2,22,23,27,28). The predicted octanol–water partition coefficient (Wildman–Crippen LogP) is 1.08. The summed E-state index contributed by atoms with van der Waals surface area (Å²) in [6.45, 7) is 5.88. The summed E-state index contributed by atoms with van der Waals surface area (Å²) in [4.78, 5) is 45.0. The van der Waals surface area contributed by atoms with Crippen LogP contribution in [-0.4, -0.2) is 58.4 Å². The minimum Gasteiger partial charge on any atom is -0.341 e. The highest BCUT2D eigenvalue weighted by Crippen LogP contribution is 2.09. The molecule has 0 bridgehead atoms. The van der Waals surface area contributed by atoms with Crippen LogP contribution in [0.3, 0.4) is 0 Å². The van der Waals surface area contributed by atoms with Crippen molar-refractivity contribution >= 4 is 5.91 Å². The van der Waals surface area contributed by atoms with E-state index in [0.29, 0.717) is 24.3 Å². The van der Waals surface area contributed by atoms with Crippen molar-refractivity contribution in [3.63, 3.8) is 0 Å². The molecule has 0 aliphatic carbocycles. The molecule has 150 valence electrons. The maximum Gasteiger partial charge on any atom is 0.325 e. The Bertz CT molecular complexity index is 904. The van der Waals surface area contributed by atoms with Crippen LogP contribution in [0.15, 0.2) is 39.9 Å². The first-order valence-electron chi connectivity index (χ1n) is 9.89. The maximum absolute atomic E-state index is 12.7. The van der Waals surface area contributed by atoms with Gasteiger partial charge in [-0.05, 0) is 44.8 Å². The van der Waals surface area contributed by atoms with Crippen molar-refractivity contribution in [2.45, 2.75) is 32.6 Å². The first-order chi connectivity index (χ1) is 13.5. The maximum atomic E-state index is 12.7. The predicted molar refractivity (Wildman–Crippen MR) is 109 cm³/mol. The van der Waals surface area contributed by atoms with Crippen LogP contribution in [0.5, 0.6) is 0 Å². The van der Waals surface area contributed by atoms with Gasteiger partial charge in [-0.1, -0.05) is 30.3 Å². The Kier molecular flexibility index (Phi) is 6.81. The fraction of sp³-hybridized carbons (Fsp3) is 0.476. The molecule has 0 spiro atoms. The fourth-order valence-electron chi connectivity index (χ4n) is 3.70. The number of H-pyrrole nitrogens is 2. The van der Waals surface area contributed by atoms with Gasteiger partial charge in [-0.2, -0.15) is 0 Å². The molecule has 2 N–H and O–H groups in total. The summed E-state index contributed by atoms with van der Waals surface area (Å²) < 4.78 is 0. The van der Waals surface area contributed by atoms with Crippen LogP contribution in [-0.2, 0) is 17.6 Å². The van der Waals surface area contributed by atoms with Crippen LogP contribution >= 0.6 is 0 Å². The summed E-state index contributed by atoms with van der Waals surface area (Å²) in [5.74, 6) is -0.0632. The zero-order chi connectivity index (χ0) is 19.9. The summed E-state index contributed by atoms with van der Waals surface area (Å²) in [7, 11) is 0. The van der Waals surface area contributed by atoms with Crippen LogP contribution in [0.1, 0.15) is 29.7 Å². The van der Waals surface area contributed by atoms with Gasteiger partial charge in [-0.25, -0.2) is 4.79 Å².